The van der Waals surface area contributed by atoms with E-state index in [-0.39, 0.29) is 23.4 Å². The molecule has 4 aliphatic heterocycles. The van der Waals surface area contributed by atoms with Gasteiger partial charge >= 0.3 is 11.5 Å². The summed E-state index contributed by atoms with van der Waals surface area (Å²) >= 11 is 5.50. The van der Waals surface area contributed by atoms with Crippen LogP contribution in [0.1, 0.15) is 72.1 Å². The van der Waals surface area contributed by atoms with Crippen molar-refractivity contribution in [2.24, 2.45) is 0 Å². The highest BCUT2D eigenvalue weighted by atomic mass is 35.5. The number of hydrazine groups is 2. The standard InChI is InChI=1S/C15H25N3O4.C11H16ClN3O3/c1-15(2,3)22-14(21)17-9-5-6-11-12(19)8-7-10(16-4)13(20)18(11)17;1-13-7-4-5-9(16)8-3-2-6-14(11(12)18)15(8)10(7)17/h10-11,16H,5-9H2,1-4H3;7-8,13H,2-6H2,1H3/t10?,11-;7-,8+/m10/s1. The van der Waals surface area contributed by atoms with E-state index in [0.717, 1.165) is 0 Å². The minimum Gasteiger partial charge on any atom is -0.442 e. The number of fused-ring (bicyclic) bond motifs is 2. The van der Waals surface area contributed by atoms with Gasteiger partial charge in [-0.15, -0.1) is 0 Å². The molecule has 0 aliphatic carbocycles. The number of Topliss-reactive ketones (excluding diaryl/α,β-unsaturated/α-hetero) is 2. The second-order valence-electron chi connectivity index (χ2n) is 11.4. The summed E-state index contributed by atoms with van der Waals surface area (Å²) in [4.78, 5) is 73.1. The number of ether oxygens (including phenoxy) is 1. The molecule has 4 rings (SSSR count). The Kier molecular flexibility index (Phi) is 10.5. The van der Waals surface area contributed by atoms with E-state index in [4.69, 9.17) is 16.3 Å². The van der Waals surface area contributed by atoms with Gasteiger partial charge in [0.15, 0.2) is 11.6 Å². The van der Waals surface area contributed by atoms with Crippen molar-refractivity contribution >= 4 is 46.4 Å². The van der Waals surface area contributed by atoms with Crippen LogP contribution in [-0.2, 0) is 23.9 Å². The molecule has 4 fully saturated rings. The zero-order chi connectivity index (χ0) is 29.8. The summed E-state index contributed by atoms with van der Waals surface area (Å²) in [5, 5.41) is 10.2. The molecule has 4 amide bonds. The SMILES string of the molecule is CNC1CCC(=O)[C@H]2CCCN(C(=O)OC(C)(C)C)N2C1=O.CN[C@H]1CCC(=O)[C@H]2CCCN(C(=O)Cl)N2C1=O. The molecule has 0 spiro atoms. The van der Waals surface area contributed by atoms with Crippen LogP contribution in [0.4, 0.5) is 9.59 Å². The molecule has 0 saturated carbocycles. The first-order valence-electron chi connectivity index (χ1n) is 13.8. The van der Waals surface area contributed by atoms with E-state index in [1.807, 2.05) is 0 Å². The normalized spacial score (nSPS) is 27.6. The smallest absolute Gasteiger partial charge is 0.429 e. The third kappa shape index (κ3) is 7.10. The van der Waals surface area contributed by atoms with Crippen LogP contribution in [0.3, 0.4) is 0 Å². The number of hydrogen-bond acceptors (Lipinski definition) is 9. The molecule has 0 aromatic carbocycles. The van der Waals surface area contributed by atoms with Gasteiger partial charge in [-0.05, 0) is 85.0 Å². The van der Waals surface area contributed by atoms with Crippen molar-refractivity contribution in [3.63, 3.8) is 0 Å². The fourth-order valence-corrected chi connectivity index (χ4v) is 5.65. The third-order valence-corrected chi connectivity index (χ3v) is 7.65. The van der Waals surface area contributed by atoms with Crippen molar-refractivity contribution in [2.75, 3.05) is 27.2 Å². The summed E-state index contributed by atoms with van der Waals surface area (Å²) < 4.78 is 5.38. The number of amides is 4. The van der Waals surface area contributed by atoms with Crippen LogP contribution < -0.4 is 10.6 Å². The lowest BCUT2D eigenvalue weighted by Crippen LogP contribution is -2.62. The fraction of sp³-hybridized carbons (Fsp3) is 0.769. The van der Waals surface area contributed by atoms with Gasteiger partial charge in [0.25, 0.3) is 11.8 Å². The Morgan fingerprint density at radius 1 is 0.775 bits per heavy atom. The summed E-state index contributed by atoms with van der Waals surface area (Å²) in [5.74, 6) is -0.464. The Labute approximate surface area is 239 Å². The van der Waals surface area contributed by atoms with Gasteiger partial charge in [-0.3, -0.25) is 24.0 Å². The molecule has 40 heavy (non-hydrogen) atoms. The number of hydrogen-bond donors (Lipinski definition) is 2. The number of nitrogens with zero attached hydrogens (tertiary/aromatic N) is 4. The molecule has 4 aliphatic rings. The molecule has 13 nitrogen and oxygen atoms in total. The van der Waals surface area contributed by atoms with Gasteiger partial charge in [0.2, 0.25) is 0 Å². The summed E-state index contributed by atoms with van der Waals surface area (Å²) in [6, 6.07) is -1.97. The van der Waals surface area contributed by atoms with Crippen LogP contribution in [0.15, 0.2) is 0 Å². The Bertz CT molecular complexity index is 1020. The van der Waals surface area contributed by atoms with Crippen molar-refractivity contribution in [3.8, 4) is 0 Å². The van der Waals surface area contributed by atoms with E-state index >= 15 is 0 Å². The van der Waals surface area contributed by atoms with Crippen molar-refractivity contribution in [2.45, 2.75) is 102 Å². The van der Waals surface area contributed by atoms with Crippen LogP contribution in [0.5, 0.6) is 0 Å². The van der Waals surface area contributed by atoms with Crippen LogP contribution in [0.2, 0.25) is 0 Å². The molecule has 4 atom stereocenters. The lowest BCUT2D eigenvalue weighted by Gasteiger charge is -2.43. The number of carbonyl (C=O) groups excluding carboxylic acids is 6. The van der Waals surface area contributed by atoms with Crippen molar-refractivity contribution in [1.29, 1.82) is 0 Å². The lowest BCUT2D eigenvalue weighted by atomic mass is 10.0. The van der Waals surface area contributed by atoms with Gasteiger partial charge in [0.1, 0.15) is 17.7 Å². The first-order valence-corrected chi connectivity index (χ1v) is 14.2. The molecule has 2 N–H and O–H groups in total. The van der Waals surface area contributed by atoms with E-state index in [9.17, 15) is 28.8 Å². The minimum atomic E-state index is -0.711. The monoisotopic (exact) mass is 584 g/mol. The van der Waals surface area contributed by atoms with Gasteiger partial charge in [-0.1, -0.05) is 0 Å². The molecule has 0 aromatic rings. The second-order valence-corrected chi connectivity index (χ2v) is 11.7. The average Bonchev–Trinajstić information content (AvgIpc) is 3.11. The van der Waals surface area contributed by atoms with E-state index in [1.54, 1.807) is 34.9 Å². The molecule has 0 bridgehead atoms. The molecule has 4 saturated heterocycles. The highest BCUT2D eigenvalue weighted by Crippen LogP contribution is 2.28. The van der Waals surface area contributed by atoms with Gasteiger partial charge in [0, 0.05) is 25.9 Å². The maximum atomic E-state index is 12.7. The Morgan fingerprint density at radius 3 is 1.60 bits per heavy atom. The molecule has 0 aromatic heterocycles. The number of carbonyl (C=O) groups is 6. The predicted octanol–water partition coefficient (Wildman–Crippen LogP) is 1.58. The van der Waals surface area contributed by atoms with Gasteiger partial charge in [0.05, 0.1) is 12.1 Å². The van der Waals surface area contributed by atoms with Crippen LogP contribution in [-0.4, -0.2) is 112 Å². The van der Waals surface area contributed by atoms with Crippen molar-refractivity contribution in [3.05, 3.63) is 0 Å². The van der Waals surface area contributed by atoms with Crippen LogP contribution in [0.25, 0.3) is 0 Å². The number of nitrogens with one attached hydrogen (secondary N) is 2. The number of halogens is 1. The van der Waals surface area contributed by atoms with Gasteiger partial charge in [-0.25, -0.2) is 24.8 Å². The Hall–Kier alpha value is -2.77. The van der Waals surface area contributed by atoms with E-state index in [0.29, 0.717) is 64.5 Å². The van der Waals surface area contributed by atoms with Crippen LogP contribution in [0, 0.1) is 0 Å². The average molecular weight is 585 g/mol. The second kappa shape index (κ2) is 13.3. The first-order chi connectivity index (χ1) is 18.8. The summed E-state index contributed by atoms with van der Waals surface area (Å²) in [5.41, 5.74) is -0.647. The third-order valence-electron chi connectivity index (χ3n) is 7.46. The molecular weight excluding hydrogens is 544 g/mol. The summed E-state index contributed by atoms with van der Waals surface area (Å²) in [6.07, 6.45) is 3.61. The van der Waals surface area contributed by atoms with E-state index in [1.165, 1.54) is 20.0 Å². The largest absolute Gasteiger partial charge is 0.442 e. The quantitative estimate of drug-likeness (QED) is 0.364. The topological polar surface area (TPSA) is 149 Å². The molecule has 4 heterocycles. The van der Waals surface area contributed by atoms with Crippen molar-refractivity contribution in [1.82, 2.24) is 30.7 Å². The molecule has 0 radical (unpaired) electrons. The fourth-order valence-electron chi connectivity index (χ4n) is 5.48. The number of likely N-dealkylation sites (N-methyl/N-ethyl adjacent to an activating group) is 2. The predicted molar refractivity (Wildman–Crippen MR) is 145 cm³/mol. The lowest BCUT2D eigenvalue weighted by molar-refractivity contribution is -0.163. The highest BCUT2D eigenvalue weighted by molar-refractivity contribution is 6.62. The van der Waals surface area contributed by atoms with E-state index in [2.05, 4.69) is 10.6 Å². The molecule has 1 unspecified atom stereocenters. The number of rotatable bonds is 2. The minimum absolute atomic E-state index is 0.00344. The maximum absolute atomic E-state index is 12.7. The summed E-state index contributed by atoms with van der Waals surface area (Å²) in [6.45, 7) is 6.10. The zero-order valence-corrected chi connectivity index (χ0v) is 24.7. The molecular formula is C26H41ClN6O7. The molecule has 14 heteroatoms. The van der Waals surface area contributed by atoms with Gasteiger partial charge in [-0.2, -0.15) is 0 Å². The van der Waals surface area contributed by atoms with E-state index < -0.39 is 41.2 Å². The van der Waals surface area contributed by atoms with Crippen LogP contribution >= 0.6 is 11.6 Å². The zero-order valence-electron chi connectivity index (χ0n) is 23.9. The highest BCUT2D eigenvalue weighted by Gasteiger charge is 2.45. The number of ketones is 2. The Balaban J connectivity index is 0.000000225. The Morgan fingerprint density at radius 2 is 1.20 bits per heavy atom. The first kappa shape index (κ1) is 31.8. The van der Waals surface area contributed by atoms with Crippen molar-refractivity contribution < 1.29 is 33.5 Å². The summed E-state index contributed by atoms with van der Waals surface area (Å²) in [7, 11) is 3.36. The maximum Gasteiger partial charge on any atom is 0.429 e. The molecule has 224 valence electrons. The van der Waals surface area contributed by atoms with Gasteiger partial charge < -0.3 is 15.4 Å².